The molecule has 0 N–H and O–H groups in total. The molecule has 1 unspecified atom stereocenters. The number of aryl methyl sites for hydroxylation is 2. The molecule has 3 rings (SSSR count). The van der Waals surface area contributed by atoms with Gasteiger partial charge in [0.05, 0.1) is 7.11 Å². The molecule has 0 spiro atoms. The van der Waals surface area contributed by atoms with Crippen molar-refractivity contribution in [3.63, 3.8) is 0 Å². The van der Waals surface area contributed by atoms with Crippen molar-refractivity contribution in [2.45, 2.75) is 31.8 Å². The van der Waals surface area contributed by atoms with E-state index in [1.165, 1.54) is 19.2 Å². The zero-order chi connectivity index (χ0) is 17.1. The van der Waals surface area contributed by atoms with Crippen molar-refractivity contribution in [3.05, 3.63) is 64.7 Å². The smallest absolute Gasteiger partial charge is 0.305 e. The maximum atomic E-state index is 14.3. The normalized spacial score (nSPS) is 15.9. The Morgan fingerprint density at radius 2 is 1.92 bits per heavy atom. The van der Waals surface area contributed by atoms with Gasteiger partial charge in [-0.2, -0.15) is 0 Å². The molecule has 0 heterocycles. The third-order valence-corrected chi connectivity index (χ3v) is 4.24. The molecule has 0 bridgehead atoms. The summed E-state index contributed by atoms with van der Waals surface area (Å²) >= 11 is 0. The van der Waals surface area contributed by atoms with Crippen LogP contribution in [-0.4, -0.2) is 13.1 Å². The van der Waals surface area contributed by atoms with E-state index in [1.54, 1.807) is 0 Å². The van der Waals surface area contributed by atoms with Crippen molar-refractivity contribution in [3.8, 4) is 5.75 Å². The fraction of sp³-hybridized carbons (Fsp3) is 0.316. The molecule has 0 fully saturated rings. The minimum absolute atomic E-state index is 0.0750. The van der Waals surface area contributed by atoms with Crippen LogP contribution < -0.4 is 4.74 Å². The van der Waals surface area contributed by atoms with Crippen LogP contribution in [0.1, 0.15) is 35.6 Å². The fourth-order valence-electron chi connectivity index (χ4n) is 3.00. The van der Waals surface area contributed by atoms with E-state index < -0.39 is 17.6 Å². The van der Waals surface area contributed by atoms with Gasteiger partial charge in [0.25, 0.3) is 0 Å². The lowest BCUT2D eigenvalue weighted by atomic mass is 10.1. The first-order valence-electron chi connectivity index (χ1n) is 7.87. The van der Waals surface area contributed by atoms with Crippen molar-refractivity contribution >= 4 is 5.97 Å². The Morgan fingerprint density at radius 3 is 2.62 bits per heavy atom. The van der Waals surface area contributed by atoms with Gasteiger partial charge in [-0.3, -0.25) is 4.79 Å². The Morgan fingerprint density at radius 1 is 1.21 bits per heavy atom. The first-order chi connectivity index (χ1) is 11.6. The number of ether oxygens (including phenoxy) is 2. The maximum absolute atomic E-state index is 14.3. The molecular weight excluding hydrogens is 314 g/mol. The summed E-state index contributed by atoms with van der Waals surface area (Å²) in [6.45, 7) is 0. The molecule has 126 valence electrons. The second kappa shape index (κ2) is 6.99. The molecule has 1 atom stereocenters. The van der Waals surface area contributed by atoms with Gasteiger partial charge in [0.1, 0.15) is 6.10 Å². The van der Waals surface area contributed by atoms with Crippen LogP contribution in [0.2, 0.25) is 0 Å². The van der Waals surface area contributed by atoms with E-state index in [0.717, 1.165) is 17.5 Å². The third-order valence-electron chi connectivity index (χ3n) is 4.24. The summed E-state index contributed by atoms with van der Waals surface area (Å²) in [5.41, 5.74) is 2.53. The van der Waals surface area contributed by atoms with Crippen LogP contribution in [-0.2, 0) is 22.4 Å². The van der Waals surface area contributed by atoms with E-state index in [-0.39, 0.29) is 24.7 Å². The van der Waals surface area contributed by atoms with E-state index in [0.29, 0.717) is 12.0 Å². The van der Waals surface area contributed by atoms with E-state index >= 15 is 0 Å². The molecule has 3 nitrogen and oxygen atoms in total. The van der Waals surface area contributed by atoms with Gasteiger partial charge in [-0.1, -0.05) is 24.3 Å². The van der Waals surface area contributed by atoms with Gasteiger partial charge in [0, 0.05) is 6.42 Å². The predicted molar refractivity (Wildman–Crippen MR) is 84.8 cm³/mol. The SMILES string of the molecule is COC(=O)CCc1cc(F)c(OC2CCc3ccccc32)c(F)c1. The average molecular weight is 332 g/mol. The number of halogens is 2. The Labute approximate surface area is 139 Å². The molecule has 0 saturated heterocycles. The van der Waals surface area contributed by atoms with Gasteiger partial charge in [-0.05, 0) is 48.1 Å². The maximum Gasteiger partial charge on any atom is 0.305 e. The van der Waals surface area contributed by atoms with Gasteiger partial charge in [-0.15, -0.1) is 0 Å². The summed E-state index contributed by atoms with van der Waals surface area (Å²) in [4.78, 5) is 11.1. The third kappa shape index (κ3) is 3.40. The quantitative estimate of drug-likeness (QED) is 0.772. The number of benzene rings is 2. The van der Waals surface area contributed by atoms with Crippen LogP contribution in [0.4, 0.5) is 8.78 Å². The summed E-state index contributed by atoms with van der Waals surface area (Å²) in [5.74, 6) is -2.28. The van der Waals surface area contributed by atoms with Crippen LogP contribution in [0.15, 0.2) is 36.4 Å². The number of fused-ring (bicyclic) bond motifs is 1. The van der Waals surface area contributed by atoms with Crippen LogP contribution in [0, 0.1) is 11.6 Å². The molecule has 2 aromatic rings. The van der Waals surface area contributed by atoms with Gasteiger partial charge >= 0.3 is 5.97 Å². The first kappa shape index (κ1) is 16.4. The molecule has 1 aliphatic rings. The van der Waals surface area contributed by atoms with E-state index in [9.17, 15) is 13.6 Å². The van der Waals surface area contributed by atoms with Gasteiger partial charge in [0.15, 0.2) is 17.4 Å². The molecule has 5 heteroatoms. The van der Waals surface area contributed by atoms with Crippen LogP contribution in [0.25, 0.3) is 0 Å². The summed E-state index contributed by atoms with van der Waals surface area (Å²) in [7, 11) is 1.28. The highest BCUT2D eigenvalue weighted by Gasteiger charge is 2.26. The molecule has 0 saturated carbocycles. The van der Waals surface area contributed by atoms with Gasteiger partial charge in [0.2, 0.25) is 0 Å². The van der Waals surface area contributed by atoms with Crippen LogP contribution >= 0.6 is 0 Å². The van der Waals surface area contributed by atoms with E-state index in [2.05, 4.69) is 4.74 Å². The number of esters is 1. The standard InChI is InChI=1S/C19H18F2O3/c1-23-18(22)9-6-12-10-15(20)19(16(21)11-12)24-17-8-7-13-4-2-3-5-14(13)17/h2-5,10-11,17H,6-9H2,1H3. The molecule has 0 aliphatic heterocycles. The van der Waals surface area contributed by atoms with E-state index in [1.807, 2.05) is 24.3 Å². The van der Waals surface area contributed by atoms with Crippen LogP contribution in [0.3, 0.4) is 0 Å². The highest BCUT2D eigenvalue weighted by Crippen LogP contribution is 2.36. The van der Waals surface area contributed by atoms with Gasteiger partial charge in [-0.25, -0.2) is 8.78 Å². The number of hydrogen-bond donors (Lipinski definition) is 0. The largest absolute Gasteiger partial charge is 0.480 e. The molecule has 0 aromatic heterocycles. The Kier molecular flexibility index (Phi) is 4.79. The molecular formula is C19H18F2O3. The zero-order valence-electron chi connectivity index (χ0n) is 13.4. The van der Waals surface area contributed by atoms with Crippen molar-refractivity contribution in [2.75, 3.05) is 7.11 Å². The fourth-order valence-corrected chi connectivity index (χ4v) is 3.00. The highest BCUT2D eigenvalue weighted by molar-refractivity contribution is 5.69. The highest BCUT2D eigenvalue weighted by atomic mass is 19.1. The summed E-state index contributed by atoms with van der Waals surface area (Å²) < 4.78 is 38.7. The van der Waals surface area contributed by atoms with Crippen molar-refractivity contribution in [2.24, 2.45) is 0 Å². The minimum Gasteiger partial charge on any atom is -0.480 e. The topological polar surface area (TPSA) is 35.5 Å². The Bertz CT molecular complexity index is 735. The minimum atomic E-state index is -0.751. The summed E-state index contributed by atoms with van der Waals surface area (Å²) in [5, 5.41) is 0. The molecule has 1 aliphatic carbocycles. The summed E-state index contributed by atoms with van der Waals surface area (Å²) in [6.07, 6.45) is 1.48. The second-order valence-electron chi connectivity index (χ2n) is 5.81. The lowest BCUT2D eigenvalue weighted by molar-refractivity contribution is -0.140. The lowest BCUT2D eigenvalue weighted by Crippen LogP contribution is -2.08. The molecule has 0 amide bonds. The van der Waals surface area contributed by atoms with E-state index in [4.69, 9.17) is 4.74 Å². The second-order valence-corrected chi connectivity index (χ2v) is 5.81. The number of carbonyl (C=O) groups excluding carboxylic acids is 1. The number of hydrogen-bond acceptors (Lipinski definition) is 3. The van der Waals surface area contributed by atoms with Crippen molar-refractivity contribution < 1.29 is 23.0 Å². The summed E-state index contributed by atoms with van der Waals surface area (Å²) in [6, 6.07) is 10.2. The van der Waals surface area contributed by atoms with Gasteiger partial charge < -0.3 is 9.47 Å². The molecule has 24 heavy (non-hydrogen) atoms. The number of rotatable bonds is 5. The first-order valence-corrected chi connectivity index (χ1v) is 7.87. The lowest BCUT2D eigenvalue weighted by Gasteiger charge is -2.16. The van der Waals surface area contributed by atoms with Crippen molar-refractivity contribution in [1.82, 2.24) is 0 Å². The Balaban J connectivity index is 1.76. The number of methoxy groups -OCH3 is 1. The predicted octanol–water partition coefficient (Wildman–Crippen LogP) is 4.14. The monoisotopic (exact) mass is 332 g/mol. The molecule has 0 radical (unpaired) electrons. The number of carbonyl (C=O) groups is 1. The molecule has 2 aromatic carbocycles. The zero-order valence-corrected chi connectivity index (χ0v) is 13.4. The Hall–Kier alpha value is -2.43. The van der Waals surface area contributed by atoms with Crippen molar-refractivity contribution in [1.29, 1.82) is 0 Å². The average Bonchev–Trinajstić information content (AvgIpc) is 2.99. The van der Waals surface area contributed by atoms with Crippen LogP contribution in [0.5, 0.6) is 5.75 Å².